The van der Waals surface area contributed by atoms with Crippen molar-refractivity contribution in [2.45, 2.75) is 13.0 Å². The predicted octanol–water partition coefficient (Wildman–Crippen LogP) is 2.26. The molecule has 6 heteroatoms. The lowest BCUT2D eigenvalue weighted by atomic mass is 10.1. The summed E-state index contributed by atoms with van der Waals surface area (Å²) in [5, 5.41) is 2.00. The van der Waals surface area contributed by atoms with E-state index in [0.29, 0.717) is 11.3 Å². The number of aromatic nitrogens is 1. The van der Waals surface area contributed by atoms with Crippen molar-refractivity contribution < 1.29 is 4.79 Å². The Morgan fingerprint density at radius 2 is 2.32 bits per heavy atom. The first-order valence-electron chi connectivity index (χ1n) is 5.86. The van der Waals surface area contributed by atoms with Gasteiger partial charge in [-0.25, -0.2) is 0 Å². The molecule has 0 fully saturated rings. The van der Waals surface area contributed by atoms with Gasteiger partial charge in [0, 0.05) is 18.1 Å². The quantitative estimate of drug-likeness (QED) is 0.664. The van der Waals surface area contributed by atoms with Gasteiger partial charge >= 0.3 is 0 Å². The molecule has 19 heavy (non-hydrogen) atoms. The minimum atomic E-state index is -0.0868. The van der Waals surface area contributed by atoms with Crippen molar-refractivity contribution in [3.8, 4) is 0 Å². The standard InChI is InChI=1S/C13H16N4OS/c1-9(12-4-3-7-19-12)17(2)13(18)10-5-6-15-8-11(10)16-14/h3-9,16H,14H2,1-2H3. The van der Waals surface area contributed by atoms with Crippen molar-refractivity contribution in [1.29, 1.82) is 0 Å². The number of amides is 1. The summed E-state index contributed by atoms with van der Waals surface area (Å²) in [5.74, 6) is 5.31. The number of carbonyl (C=O) groups is 1. The summed E-state index contributed by atoms with van der Waals surface area (Å²) < 4.78 is 0. The van der Waals surface area contributed by atoms with Gasteiger partial charge in [0.25, 0.3) is 5.91 Å². The second kappa shape index (κ2) is 5.81. The fourth-order valence-electron chi connectivity index (χ4n) is 1.78. The van der Waals surface area contributed by atoms with Crippen LogP contribution in [0.4, 0.5) is 5.69 Å². The van der Waals surface area contributed by atoms with Crippen LogP contribution in [0.3, 0.4) is 0 Å². The molecule has 2 rings (SSSR count). The summed E-state index contributed by atoms with van der Waals surface area (Å²) in [4.78, 5) is 19.3. The van der Waals surface area contributed by atoms with Gasteiger partial charge in [0.1, 0.15) is 0 Å². The van der Waals surface area contributed by atoms with Crippen LogP contribution in [0.1, 0.15) is 28.2 Å². The van der Waals surface area contributed by atoms with Crippen LogP contribution >= 0.6 is 11.3 Å². The van der Waals surface area contributed by atoms with E-state index in [0.717, 1.165) is 4.88 Å². The Hall–Kier alpha value is -1.92. The third-order valence-electron chi connectivity index (χ3n) is 3.06. The zero-order chi connectivity index (χ0) is 13.8. The molecule has 1 atom stereocenters. The van der Waals surface area contributed by atoms with Crippen LogP contribution in [0.15, 0.2) is 36.0 Å². The number of anilines is 1. The largest absolute Gasteiger partial charge is 0.334 e. The minimum Gasteiger partial charge on any atom is -0.334 e. The van der Waals surface area contributed by atoms with Gasteiger partial charge in [0.05, 0.1) is 23.5 Å². The van der Waals surface area contributed by atoms with Crippen LogP contribution in [0.2, 0.25) is 0 Å². The van der Waals surface area contributed by atoms with E-state index in [9.17, 15) is 4.79 Å². The zero-order valence-corrected chi connectivity index (χ0v) is 11.6. The molecule has 5 nitrogen and oxygen atoms in total. The second-order valence-electron chi connectivity index (χ2n) is 4.17. The lowest BCUT2D eigenvalue weighted by Crippen LogP contribution is -2.30. The number of carbonyl (C=O) groups excluding carboxylic acids is 1. The normalized spacial score (nSPS) is 11.9. The highest BCUT2D eigenvalue weighted by molar-refractivity contribution is 7.10. The highest BCUT2D eigenvalue weighted by Gasteiger charge is 2.21. The van der Waals surface area contributed by atoms with Crippen LogP contribution in [0.5, 0.6) is 0 Å². The molecule has 100 valence electrons. The van der Waals surface area contributed by atoms with E-state index in [4.69, 9.17) is 5.84 Å². The average molecular weight is 276 g/mol. The Kier molecular flexibility index (Phi) is 4.13. The van der Waals surface area contributed by atoms with Gasteiger partial charge < -0.3 is 10.3 Å². The van der Waals surface area contributed by atoms with Crippen LogP contribution in [0.25, 0.3) is 0 Å². The van der Waals surface area contributed by atoms with Crippen molar-refractivity contribution >= 4 is 22.9 Å². The maximum absolute atomic E-state index is 12.5. The van der Waals surface area contributed by atoms with E-state index in [-0.39, 0.29) is 11.9 Å². The van der Waals surface area contributed by atoms with Crippen LogP contribution < -0.4 is 11.3 Å². The number of thiophene rings is 1. The smallest absolute Gasteiger partial charge is 0.256 e. The Labute approximate surface area is 116 Å². The Morgan fingerprint density at radius 1 is 1.53 bits per heavy atom. The second-order valence-corrected chi connectivity index (χ2v) is 5.15. The third-order valence-corrected chi connectivity index (χ3v) is 4.11. The number of rotatable bonds is 4. The summed E-state index contributed by atoms with van der Waals surface area (Å²) in [6.07, 6.45) is 3.12. The molecule has 2 aromatic heterocycles. The van der Waals surface area contributed by atoms with E-state index < -0.39 is 0 Å². The lowest BCUT2D eigenvalue weighted by molar-refractivity contribution is 0.0746. The molecule has 0 spiro atoms. The molecule has 2 aromatic rings. The molecule has 1 unspecified atom stereocenters. The summed E-state index contributed by atoms with van der Waals surface area (Å²) in [6.45, 7) is 2.00. The van der Waals surface area contributed by atoms with Gasteiger partial charge in [-0.05, 0) is 24.4 Å². The van der Waals surface area contributed by atoms with Gasteiger partial charge in [-0.3, -0.25) is 15.6 Å². The Morgan fingerprint density at radius 3 is 2.95 bits per heavy atom. The molecule has 0 aliphatic rings. The van der Waals surface area contributed by atoms with E-state index in [1.165, 1.54) is 6.20 Å². The first-order chi connectivity index (χ1) is 9.15. The maximum Gasteiger partial charge on any atom is 0.256 e. The predicted molar refractivity (Wildman–Crippen MR) is 76.9 cm³/mol. The number of nitrogens with one attached hydrogen (secondary N) is 1. The molecule has 0 radical (unpaired) electrons. The van der Waals surface area contributed by atoms with Crippen molar-refractivity contribution in [1.82, 2.24) is 9.88 Å². The summed E-state index contributed by atoms with van der Waals surface area (Å²) in [6, 6.07) is 5.68. The molecular weight excluding hydrogens is 260 g/mol. The van der Waals surface area contributed by atoms with Crippen molar-refractivity contribution in [2.75, 3.05) is 12.5 Å². The average Bonchev–Trinajstić information content (AvgIpc) is 2.99. The van der Waals surface area contributed by atoms with Crippen LogP contribution in [-0.2, 0) is 0 Å². The van der Waals surface area contributed by atoms with Gasteiger partial charge in [0.15, 0.2) is 0 Å². The number of hydrogen-bond donors (Lipinski definition) is 2. The first-order valence-corrected chi connectivity index (χ1v) is 6.74. The lowest BCUT2D eigenvalue weighted by Gasteiger charge is -2.25. The van der Waals surface area contributed by atoms with Crippen LogP contribution in [-0.4, -0.2) is 22.8 Å². The maximum atomic E-state index is 12.5. The summed E-state index contributed by atoms with van der Waals surface area (Å²) >= 11 is 1.64. The molecule has 0 aliphatic heterocycles. The Balaban J connectivity index is 2.24. The van der Waals surface area contributed by atoms with E-state index in [1.54, 1.807) is 35.5 Å². The first kappa shape index (κ1) is 13.5. The van der Waals surface area contributed by atoms with E-state index in [2.05, 4.69) is 10.4 Å². The highest BCUT2D eigenvalue weighted by Crippen LogP contribution is 2.26. The summed E-state index contributed by atoms with van der Waals surface area (Å²) in [5.41, 5.74) is 3.54. The molecule has 1 amide bonds. The number of nitrogens with zero attached hydrogens (tertiary/aromatic N) is 2. The van der Waals surface area contributed by atoms with E-state index in [1.807, 2.05) is 24.4 Å². The fourth-order valence-corrected chi connectivity index (χ4v) is 2.61. The van der Waals surface area contributed by atoms with Crippen molar-refractivity contribution in [2.24, 2.45) is 5.84 Å². The number of hydrogen-bond acceptors (Lipinski definition) is 5. The molecule has 0 saturated heterocycles. The number of nitrogens with two attached hydrogens (primary N) is 1. The van der Waals surface area contributed by atoms with Gasteiger partial charge in [-0.15, -0.1) is 11.3 Å². The fraction of sp³-hybridized carbons (Fsp3) is 0.231. The number of pyridine rings is 1. The van der Waals surface area contributed by atoms with Gasteiger partial charge in [0.2, 0.25) is 0 Å². The Bertz CT molecular complexity index is 556. The molecule has 0 saturated carbocycles. The monoisotopic (exact) mass is 276 g/mol. The third kappa shape index (κ3) is 2.74. The molecule has 0 aliphatic carbocycles. The van der Waals surface area contributed by atoms with Gasteiger partial charge in [-0.2, -0.15) is 0 Å². The van der Waals surface area contributed by atoms with Crippen LogP contribution in [0, 0.1) is 0 Å². The molecule has 3 N–H and O–H groups in total. The highest BCUT2D eigenvalue weighted by atomic mass is 32.1. The summed E-state index contributed by atoms with van der Waals surface area (Å²) in [7, 11) is 1.79. The molecular formula is C13H16N4OS. The molecule has 2 heterocycles. The minimum absolute atomic E-state index is 0.0197. The molecule has 0 bridgehead atoms. The van der Waals surface area contributed by atoms with Crippen molar-refractivity contribution in [3.63, 3.8) is 0 Å². The topological polar surface area (TPSA) is 71.2 Å². The number of nitrogen functional groups attached to an aromatic ring is 1. The van der Waals surface area contributed by atoms with Crippen molar-refractivity contribution in [3.05, 3.63) is 46.4 Å². The SMILES string of the molecule is CC(c1cccs1)N(C)C(=O)c1ccncc1NN. The zero-order valence-electron chi connectivity index (χ0n) is 10.8. The van der Waals surface area contributed by atoms with E-state index >= 15 is 0 Å². The molecule has 0 aromatic carbocycles. The number of hydrazine groups is 1. The van der Waals surface area contributed by atoms with Gasteiger partial charge in [-0.1, -0.05) is 6.07 Å².